The number of halogens is 1. The van der Waals surface area contributed by atoms with Crippen molar-refractivity contribution >= 4 is 22.3 Å². The van der Waals surface area contributed by atoms with E-state index >= 15 is 0 Å². The fourth-order valence-corrected chi connectivity index (χ4v) is 2.06. The Morgan fingerprint density at radius 2 is 2.06 bits per heavy atom. The van der Waals surface area contributed by atoms with E-state index in [1.807, 2.05) is 30.9 Å². The molecule has 0 spiro atoms. The van der Waals surface area contributed by atoms with Crippen molar-refractivity contribution < 1.29 is 4.39 Å². The van der Waals surface area contributed by atoms with Gasteiger partial charge < -0.3 is 10.6 Å². The van der Waals surface area contributed by atoms with Crippen LogP contribution in [0.25, 0.3) is 10.9 Å². The van der Waals surface area contributed by atoms with Crippen molar-refractivity contribution in [2.24, 2.45) is 0 Å². The van der Waals surface area contributed by atoms with Crippen molar-refractivity contribution in [3.8, 4) is 0 Å². The van der Waals surface area contributed by atoms with E-state index in [1.54, 1.807) is 6.20 Å². The normalized spacial score (nSPS) is 10.8. The van der Waals surface area contributed by atoms with Crippen LogP contribution in [0.2, 0.25) is 0 Å². The standard InChI is InChI=1S/C13H16FN3/c1-3-17(4-2)13-10(14)8-11(15)9-6-5-7-16-12(9)13/h5-8H,3-4,15H2,1-2H3. The summed E-state index contributed by atoms with van der Waals surface area (Å²) in [6.07, 6.45) is 1.66. The molecule has 0 aliphatic heterocycles. The summed E-state index contributed by atoms with van der Waals surface area (Å²) in [6.45, 7) is 5.47. The lowest BCUT2D eigenvalue weighted by Gasteiger charge is -2.23. The molecule has 17 heavy (non-hydrogen) atoms. The van der Waals surface area contributed by atoms with Crippen molar-refractivity contribution in [3.63, 3.8) is 0 Å². The Balaban J connectivity index is 2.77. The van der Waals surface area contributed by atoms with E-state index in [4.69, 9.17) is 5.73 Å². The zero-order chi connectivity index (χ0) is 12.4. The summed E-state index contributed by atoms with van der Waals surface area (Å²) in [5.74, 6) is -0.308. The predicted molar refractivity (Wildman–Crippen MR) is 69.7 cm³/mol. The van der Waals surface area contributed by atoms with Gasteiger partial charge >= 0.3 is 0 Å². The van der Waals surface area contributed by atoms with E-state index in [2.05, 4.69) is 4.98 Å². The number of hydrogen-bond acceptors (Lipinski definition) is 3. The number of hydrogen-bond donors (Lipinski definition) is 1. The van der Waals surface area contributed by atoms with Gasteiger partial charge in [-0.2, -0.15) is 0 Å². The van der Waals surface area contributed by atoms with Crippen LogP contribution in [-0.4, -0.2) is 18.1 Å². The van der Waals surface area contributed by atoms with Crippen LogP contribution >= 0.6 is 0 Å². The Bertz CT molecular complexity index is 535. The molecule has 2 N–H and O–H groups in total. The zero-order valence-electron chi connectivity index (χ0n) is 10.1. The summed E-state index contributed by atoms with van der Waals surface area (Å²) in [4.78, 5) is 6.21. The lowest BCUT2D eigenvalue weighted by Crippen LogP contribution is -2.23. The van der Waals surface area contributed by atoms with E-state index in [0.29, 0.717) is 16.9 Å². The third-order valence-electron chi connectivity index (χ3n) is 2.93. The van der Waals surface area contributed by atoms with Gasteiger partial charge in [0.2, 0.25) is 0 Å². The molecule has 3 nitrogen and oxygen atoms in total. The van der Waals surface area contributed by atoms with Crippen molar-refractivity contribution in [1.29, 1.82) is 0 Å². The molecule has 0 radical (unpaired) electrons. The maximum absolute atomic E-state index is 14.0. The molecule has 0 aliphatic rings. The third kappa shape index (κ3) is 1.90. The molecule has 0 fully saturated rings. The molecule has 1 aromatic carbocycles. The molecule has 2 rings (SSSR count). The summed E-state index contributed by atoms with van der Waals surface area (Å²) in [7, 11) is 0. The van der Waals surface area contributed by atoms with Gasteiger partial charge in [-0.1, -0.05) is 0 Å². The minimum absolute atomic E-state index is 0.308. The van der Waals surface area contributed by atoms with E-state index < -0.39 is 0 Å². The summed E-state index contributed by atoms with van der Waals surface area (Å²) >= 11 is 0. The maximum Gasteiger partial charge on any atom is 0.150 e. The number of benzene rings is 1. The van der Waals surface area contributed by atoms with E-state index in [0.717, 1.165) is 18.5 Å². The molecule has 0 unspecified atom stereocenters. The van der Waals surface area contributed by atoms with E-state index in [1.165, 1.54) is 6.07 Å². The van der Waals surface area contributed by atoms with Crippen molar-refractivity contribution in [2.75, 3.05) is 23.7 Å². The Kier molecular flexibility index (Phi) is 3.13. The first-order valence-electron chi connectivity index (χ1n) is 5.76. The van der Waals surface area contributed by atoms with Crippen LogP contribution in [0.4, 0.5) is 15.8 Å². The molecule has 2 aromatic rings. The van der Waals surface area contributed by atoms with Crippen LogP contribution in [-0.2, 0) is 0 Å². The largest absolute Gasteiger partial charge is 0.398 e. The monoisotopic (exact) mass is 233 g/mol. The fraction of sp³-hybridized carbons (Fsp3) is 0.308. The predicted octanol–water partition coefficient (Wildman–Crippen LogP) is 2.80. The Morgan fingerprint density at radius 3 is 2.71 bits per heavy atom. The smallest absolute Gasteiger partial charge is 0.150 e. The molecule has 0 aliphatic carbocycles. The number of aromatic nitrogens is 1. The highest BCUT2D eigenvalue weighted by atomic mass is 19.1. The lowest BCUT2D eigenvalue weighted by molar-refractivity contribution is 0.622. The van der Waals surface area contributed by atoms with Gasteiger partial charge in [0.1, 0.15) is 0 Å². The van der Waals surface area contributed by atoms with Crippen molar-refractivity contribution in [1.82, 2.24) is 4.98 Å². The SMILES string of the molecule is CCN(CC)c1c(F)cc(N)c2cccnc12. The first-order chi connectivity index (χ1) is 8.19. The molecular formula is C13H16FN3. The third-order valence-corrected chi connectivity index (χ3v) is 2.93. The second kappa shape index (κ2) is 4.57. The van der Waals surface area contributed by atoms with E-state index in [9.17, 15) is 4.39 Å². The van der Waals surface area contributed by atoms with Gasteiger partial charge in [-0.3, -0.25) is 4.98 Å². The van der Waals surface area contributed by atoms with Crippen LogP contribution in [0, 0.1) is 5.82 Å². The van der Waals surface area contributed by atoms with Gasteiger partial charge in [0, 0.05) is 30.4 Å². The quantitative estimate of drug-likeness (QED) is 0.829. The zero-order valence-corrected chi connectivity index (χ0v) is 10.1. The number of nitrogen functional groups attached to an aromatic ring is 1. The first kappa shape index (κ1) is 11.6. The number of pyridine rings is 1. The van der Waals surface area contributed by atoms with Gasteiger partial charge in [0.25, 0.3) is 0 Å². The topological polar surface area (TPSA) is 42.1 Å². The highest BCUT2D eigenvalue weighted by molar-refractivity contribution is 5.98. The Hall–Kier alpha value is -1.84. The van der Waals surface area contributed by atoms with Crippen LogP contribution in [0.1, 0.15) is 13.8 Å². The maximum atomic E-state index is 14.0. The van der Waals surface area contributed by atoms with Gasteiger partial charge in [0.15, 0.2) is 5.82 Å². The summed E-state index contributed by atoms with van der Waals surface area (Å²) in [5.41, 5.74) is 7.42. The van der Waals surface area contributed by atoms with Gasteiger partial charge in [-0.25, -0.2) is 4.39 Å². The Labute approximate surface area is 100 Å². The number of nitrogens with zero attached hydrogens (tertiary/aromatic N) is 2. The molecule has 0 amide bonds. The average Bonchev–Trinajstić information content (AvgIpc) is 2.34. The molecule has 0 atom stereocenters. The summed E-state index contributed by atoms with van der Waals surface area (Å²) in [6, 6.07) is 5.05. The van der Waals surface area contributed by atoms with Gasteiger partial charge in [-0.15, -0.1) is 0 Å². The summed E-state index contributed by atoms with van der Waals surface area (Å²) < 4.78 is 14.0. The molecule has 90 valence electrons. The van der Waals surface area contributed by atoms with Crippen molar-refractivity contribution in [2.45, 2.75) is 13.8 Å². The second-order valence-electron chi connectivity index (χ2n) is 3.87. The highest BCUT2D eigenvalue weighted by Crippen LogP contribution is 2.32. The lowest BCUT2D eigenvalue weighted by atomic mass is 10.1. The van der Waals surface area contributed by atoms with Crippen LogP contribution in [0.15, 0.2) is 24.4 Å². The van der Waals surface area contributed by atoms with Crippen LogP contribution in [0.3, 0.4) is 0 Å². The molecule has 1 heterocycles. The summed E-state index contributed by atoms with van der Waals surface area (Å²) in [5, 5.41) is 0.802. The Morgan fingerprint density at radius 1 is 1.35 bits per heavy atom. The van der Waals surface area contributed by atoms with Gasteiger partial charge in [-0.05, 0) is 32.0 Å². The fourth-order valence-electron chi connectivity index (χ4n) is 2.06. The van der Waals surface area contributed by atoms with Crippen LogP contribution < -0.4 is 10.6 Å². The number of anilines is 2. The molecule has 0 bridgehead atoms. The van der Waals surface area contributed by atoms with Crippen LogP contribution in [0.5, 0.6) is 0 Å². The molecule has 0 saturated heterocycles. The first-order valence-corrected chi connectivity index (χ1v) is 5.76. The van der Waals surface area contributed by atoms with E-state index in [-0.39, 0.29) is 5.82 Å². The minimum atomic E-state index is -0.308. The second-order valence-corrected chi connectivity index (χ2v) is 3.87. The average molecular weight is 233 g/mol. The molecule has 4 heteroatoms. The minimum Gasteiger partial charge on any atom is -0.398 e. The molecular weight excluding hydrogens is 217 g/mol. The number of rotatable bonds is 3. The number of nitrogens with two attached hydrogens (primary N) is 1. The highest BCUT2D eigenvalue weighted by Gasteiger charge is 2.15. The number of fused-ring (bicyclic) bond motifs is 1. The van der Waals surface area contributed by atoms with Gasteiger partial charge in [0.05, 0.1) is 11.2 Å². The molecule has 0 saturated carbocycles. The van der Waals surface area contributed by atoms with Crippen molar-refractivity contribution in [3.05, 3.63) is 30.2 Å². The molecule has 1 aromatic heterocycles.